The molecule has 6 heteroatoms. The number of hydrogen-bond donors (Lipinski definition) is 0. The van der Waals surface area contributed by atoms with Crippen molar-refractivity contribution < 1.29 is 13.2 Å². The minimum Gasteiger partial charge on any atom is -0.486 e. The van der Waals surface area contributed by atoms with Crippen LogP contribution in [0.2, 0.25) is 0 Å². The Kier molecular flexibility index (Phi) is 3.23. The van der Waals surface area contributed by atoms with Gasteiger partial charge in [0.25, 0.3) is 9.05 Å². The average molecular weight is 276 g/mol. The van der Waals surface area contributed by atoms with E-state index in [-0.39, 0.29) is 11.0 Å². The second kappa shape index (κ2) is 4.38. The molecule has 0 aromatic heterocycles. The molecule has 1 aliphatic rings. The van der Waals surface area contributed by atoms with Gasteiger partial charge in [0.2, 0.25) is 0 Å². The molecule has 1 unspecified atom stereocenters. The van der Waals surface area contributed by atoms with Crippen LogP contribution in [0.25, 0.3) is 0 Å². The topological polar surface area (TPSA) is 46.6 Å². The van der Waals surface area contributed by atoms with Crippen LogP contribution in [-0.2, 0) is 9.05 Å². The van der Waals surface area contributed by atoms with Gasteiger partial charge in [-0.25, -0.2) is 8.42 Å². The Morgan fingerprint density at radius 1 is 1.53 bits per heavy atom. The molecule has 0 saturated heterocycles. The Labute approximate surface area is 106 Å². The van der Waals surface area contributed by atoms with Gasteiger partial charge in [-0.15, -0.1) is 0 Å². The first-order valence-electron chi connectivity index (χ1n) is 5.38. The number of nitrogens with zero attached hydrogens (tertiary/aromatic N) is 1. The predicted octanol–water partition coefficient (Wildman–Crippen LogP) is 2.22. The van der Waals surface area contributed by atoms with E-state index >= 15 is 0 Å². The van der Waals surface area contributed by atoms with Crippen LogP contribution in [0, 0.1) is 0 Å². The van der Waals surface area contributed by atoms with Gasteiger partial charge in [0.05, 0.1) is 17.1 Å². The lowest BCUT2D eigenvalue weighted by molar-refractivity contribution is 0.191. The predicted molar refractivity (Wildman–Crippen MR) is 67.5 cm³/mol. The van der Waals surface area contributed by atoms with E-state index in [9.17, 15) is 8.42 Å². The van der Waals surface area contributed by atoms with Crippen LogP contribution >= 0.6 is 10.7 Å². The standard InChI is InChI=1S/C11H14ClNO3S/c1-3-8-7-13(2)10-6-9(17(12,14)15)4-5-11(10)16-8/h4-6,8H,3,7H2,1-2H3. The number of fused-ring (bicyclic) bond motifs is 1. The van der Waals surface area contributed by atoms with Gasteiger partial charge in [0, 0.05) is 17.7 Å². The van der Waals surface area contributed by atoms with Crippen LogP contribution in [0.5, 0.6) is 5.75 Å². The SMILES string of the molecule is CCC1CN(C)c2cc(S(=O)(=O)Cl)ccc2O1. The highest BCUT2D eigenvalue weighted by atomic mass is 35.7. The summed E-state index contributed by atoms with van der Waals surface area (Å²) >= 11 is 0. The molecule has 1 aromatic carbocycles. The zero-order valence-electron chi connectivity index (χ0n) is 9.68. The van der Waals surface area contributed by atoms with E-state index in [1.807, 2.05) is 11.9 Å². The molecule has 0 radical (unpaired) electrons. The molecule has 1 atom stereocenters. The highest BCUT2D eigenvalue weighted by molar-refractivity contribution is 8.13. The summed E-state index contributed by atoms with van der Waals surface area (Å²) in [5, 5.41) is 0. The first-order valence-corrected chi connectivity index (χ1v) is 7.69. The molecule has 0 spiro atoms. The lowest BCUT2D eigenvalue weighted by atomic mass is 10.2. The minimum absolute atomic E-state index is 0.100. The summed E-state index contributed by atoms with van der Waals surface area (Å²) < 4.78 is 28.2. The Bertz CT molecular complexity index is 530. The molecule has 1 aliphatic heterocycles. The third-order valence-electron chi connectivity index (χ3n) is 2.85. The third-order valence-corrected chi connectivity index (χ3v) is 4.20. The van der Waals surface area contributed by atoms with Gasteiger partial charge in [-0.1, -0.05) is 6.92 Å². The number of rotatable bonds is 2. The summed E-state index contributed by atoms with van der Waals surface area (Å²) in [6.45, 7) is 2.80. The molecule has 17 heavy (non-hydrogen) atoms. The molecule has 2 rings (SSSR count). The number of anilines is 1. The van der Waals surface area contributed by atoms with Crippen LogP contribution in [0.15, 0.2) is 23.1 Å². The lowest BCUT2D eigenvalue weighted by Gasteiger charge is -2.33. The molecular formula is C11H14ClNO3S. The quantitative estimate of drug-likeness (QED) is 0.777. The van der Waals surface area contributed by atoms with Crippen molar-refractivity contribution in [3.8, 4) is 5.75 Å². The van der Waals surface area contributed by atoms with Crippen molar-refractivity contribution in [2.75, 3.05) is 18.5 Å². The fourth-order valence-electron chi connectivity index (χ4n) is 1.88. The lowest BCUT2D eigenvalue weighted by Crippen LogP contribution is -2.37. The van der Waals surface area contributed by atoms with Gasteiger partial charge < -0.3 is 9.64 Å². The normalized spacial score (nSPS) is 19.7. The summed E-state index contributed by atoms with van der Waals surface area (Å²) in [7, 11) is 3.54. The first-order chi connectivity index (χ1) is 7.91. The van der Waals surface area contributed by atoms with Crippen LogP contribution in [0.1, 0.15) is 13.3 Å². The van der Waals surface area contributed by atoms with Gasteiger partial charge in [0.1, 0.15) is 11.9 Å². The molecule has 1 aromatic rings. The van der Waals surface area contributed by atoms with E-state index in [0.29, 0.717) is 5.75 Å². The maximum atomic E-state index is 11.3. The Hall–Kier alpha value is -0.940. The van der Waals surface area contributed by atoms with Crippen molar-refractivity contribution in [1.29, 1.82) is 0 Å². The fourth-order valence-corrected chi connectivity index (χ4v) is 2.65. The summed E-state index contributed by atoms with van der Waals surface area (Å²) in [6, 6.07) is 4.67. The van der Waals surface area contributed by atoms with Crippen LogP contribution in [0.4, 0.5) is 5.69 Å². The zero-order chi connectivity index (χ0) is 12.6. The number of hydrogen-bond acceptors (Lipinski definition) is 4. The fraction of sp³-hybridized carbons (Fsp3) is 0.455. The molecule has 0 N–H and O–H groups in total. The second-order valence-electron chi connectivity index (χ2n) is 4.10. The van der Waals surface area contributed by atoms with Crippen molar-refractivity contribution >= 4 is 25.4 Å². The van der Waals surface area contributed by atoms with Crippen molar-refractivity contribution in [3.63, 3.8) is 0 Å². The highest BCUT2D eigenvalue weighted by Crippen LogP contribution is 2.35. The minimum atomic E-state index is -3.69. The third kappa shape index (κ3) is 2.50. The number of halogens is 1. The summed E-state index contributed by atoms with van der Waals surface area (Å²) in [6.07, 6.45) is 1.06. The van der Waals surface area contributed by atoms with Gasteiger partial charge in [-0.3, -0.25) is 0 Å². The maximum absolute atomic E-state index is 11.3. The summed E-state index contributed by atoms with van der Waals surface area (Å²) in [5.41, 5.74) is 0.761. The second-order valence-corrected chi connectivity index (χ2v) is 6.66. The van der Waals surface area contributed by atoms with E-state index in [2.05, 4.69) is 6.92 Å². The van der Waals surface area contributed by atoms with Crippen molar-refractivity contribution in [3.05, 3.63) is 18.2 Å². The van der Waals surface area contributed by atoms with E-state index < -0.39 is 9.05 Å². The smallest absolute Gasteiger partial charge is 0.261 e. The Morgan fingerprint density at radius 2 is 2.24 bits per heavy atom. The van der Waals surface area contributed by atoms with Gasteiger partial charge in [-0.2, -0.15) is 0 Å². The molecule has 0 amide bonds. The molecule has 94 valence electrons. The molecule has 1 heterocycles. The molecule has 0 bridgehead atoms. The van der Waals surface area contributed by atoms with Gasteiger partial charge >= 0.3 is 0 Å². The maximum Gasteiger partial charge on any atom is 0.261 e. The molecule has 4 nitrogen and oxygen atoms in total. The van der Waals surface area contributed by atoms with Crippen LogP contribution in [-0.4, -0.2) is 28.1 Å². The highest BCUT2D eigenvalue weighted by Gasteiger charge is 2.24. The zero-order valence-corrected chi connectivity index (χ0v) is 11.3. The Balaban J connectivity index is 2.44. The van der Waals surface area contributed by atoms with Crippen LogP contribution < -0.4 is 9.64 Å². The number of ether oxygens (including phenoxy) is 1. The van der Waals surface area contributed by atoms with E-state index in [4.69, 9.17) is 15.4 Å². The van der Waals surface area contributed by atoms with E-state index in [0.717, 1.165) is 18.7 Å². The monoisotopic (exact) mass is 275 g/mol. The number of benzene rings is 1. The molecular weight excluding hydrogens is 262 g/mol. The molecule has 0 fully saturated rings. The summed E-state index contributed by atoms with van der Waals surface area (Å²) in [5.74, 6) is 0.703. The molecule has 0 saturated carbocycles. The Morgan fingerprint density at radius 3 is 2.82 bits per heavy atom. The number of likely N-dealkylation sites (N-methyl/N-ethyl adjacent to an activating group) is 1. The molecule has 0 aliphatic carbocycles. The van der Waals surface area contributed by atoms with Crippen LogP contribution in [0.3, 0.4) is 0 Å². The summed E-state index contributed by atoms with van der Waals surface area (Å²) in [4.78, 5) is 2.08. The van der Waals surface area contributed by atoms with E-state index in [1.165, 1.54) is 6.07 Å². The van der Waals surface area contributed by atoms with Gasteiger partial charge in [0.15, 0.2) is 0 Å². The first kappa shape index (κ1) is 12.5. The van der Waals surface area contributed by atoms with Crippen molar-refractivity contribution in [2.45, 2.75) is 24.3 Å². The van der Waals surface area contributed by atoms with Crippen molar-refractivity contribution in [1.82, 2.24) is 0 Å². The average Bonchev–Trinajstić information content (AvgIpc) is 2.27. The van der Waals surface area contributed by atoms with E-state index in [1.54, 1.807) is 12.1 Å². The van der Waals surface area contributed by atoms with Gasteiger partial charge in [-0.05, 0) is 24.6 Å². The largest absolute Gasteiger partial charge is 0.486 e. The van der Waals surface area contributed by atoms with Crippen molar-refractivity contribution in [2.24, 2.45) is 0 Å².